The number of rotatable bonds is 4. The van der Waals surface area contributed by atoms with Crippen molar-refractivity contribution in [2.24, 2.45) is 41.2 Å². The van der Waals surface area contributed by atoms with Crippen LogP contribution >= 0.6 is 0 Å². The van der Waals surface area contributed by atoms with Crippen molar-refractivity contribution in [3.8, 4) is 0 Å². The van der Waals surface area contributed by atoms with Gasteiger partial charge in [0.05, 0.1) is 13.0 Å². The molecule has 4 bridgehead atoms. The molecular formula is C15H26N2O2. The molecule has 0 spiro atoms. The van der Waals surface area contributed by atoms with Gasteiger partial charge in [-0.05, 0) is 61.7 Å². The molecule has 0 radical (unpaired) electrons. The molecule has 4 saturated carbocycles. The second-order valence-corrected chi connectivity index (χ2v) is 6.87. The zero-order valence-corrected chi connectivity index (χ0v) is 12.0. The van der Waals surface area contributed by atoms with Crippen LogP contribution in [0, 0.1) is 35.5 Å². The summed E-state index contributed by atoms with van der Waals surface area (Å²) in [6, 6.07) is 0. The number of hydrogen-bond donors (Lipinski definition) is 1. The lowest BCUT2D eigenvalue weighted by Crippen LogP contribution is -2.52. The van der Waals surface area contributed by atoms with Crippen LogP contribution in [0.15, 0.2) is 0 Å². The Hall–Kier alpha value is -0.610. The fourth-order valence-corrected chi connectivity index (χ4v) is 5.37. The molecule has 1 amide bonds. The zero-order valence-electron chi connectivity index (χ0n) is 12.0. The maximum Gasteiger partial charge on any atom is 0.250 e. The van der Waals surface area contributed by atoms with Crippen LogP contribution < -0.4 is 5.73 Å². The summed E-state index contributed by atoms with van der Waals surface area (Å²) in [4.78, 5) is 17.5. The number of amides is 1. The molecule has 0 aromatic rings. The van der Waals surface area contributed by atoms with Crippen molar-refractivity contribution in [3.63, 3.8) is 0 Å². The minimum absolute atomic E-state index is 0.0417. The quantitative estimate of drug-likeness (QED) is 0.787. The molecule has 108 valence electrons. The molecule has 0 aliphatic heterocycles. The van der Waals surface area contributed by atoms with E-state index in [1.807, 2.05) is 0 Å². The van der Waals surface area contributed by atoms with Gasteiger partial charge in [-0.25, -0.2) is 5.06 Å². The normalized spacial score (nSPS) is 41.3. The van der Waals surface area contributed by atoms with Crippen LogP contribution in [0.3, 0.4) is 0 Å². The Labute approximate surface area is 115 Å². The predicted octanol–water partition coefficient (Wildman–Crippen LogP) is 1.65. The summed E-state index contributed by atoms with van der Waals surface area (Å²) < 4.78 is 0. The van der Waals surface area contributed by atoms with Crippen molar-refractivity contribution < 1.29 is 9.63 Å². The van der Waals surface area contributed by atoms with E-state index in [1.165, 1.54) is 37.2 Å². The van der Waals surface area contributed by atoms with Crippen molar-refractivity contribution in [2.45, 2.75) is 32.1 Å². The molecule has 0 aromatic heterocycles. The number of hydroxylamine groups is 2. The number of nitrogens with two attached hydrogens (primary N) is 1. The van der Waals surface area contributed by atoms with Crippen LogP contribution in [-0.4, -0.2) is 31.7 Å². The first kappa shape index (κ1) is 13.4. The van der Waals surface area contributed by atoms with Gasteiger partial charge in [0.25, 0.3) is 5.91 Å². The van der Waals surface area contributed by atoms with Gasteiger partial charge in [0.2, 0.25) is 0 Å². The molecule has 4 aliphatic carbocycles. The average Bonchev–Trinajstić information content (AvgIpc) is 2.40. The molecule has 4 rings (SSSR count). The van der Waals surface area contributed by atoms with Gasteiger partial charge in [0, 0.05) is 13.6 Å². The van der Waals surface area contributed by atoms with E-state index in [4.69, 9.17) is 10.6 Å². The van der Waals surface area contributed by atoms with Gasteiger partial charge >= 0.3 is 0 Å². The Balaban J connectivity index is 1.78. The number of carbonyl (C=O) groups excluding carboxylic acids is 1. The van der Waals surface area contributed by atoms with Gasteiger partial charge in [-0.2, -0.15) is 0 Å². The highest BCUT2D eigenvalue weighted by atomic mass is 16.7. The van der Waals surface area contributed by atoms with Crippen molar-refractivity contribution in [3.05, 3.63) is 0 Å². The van der Waals surface area contributed by atoms with Crippen LogP contribution in [0.5, 0.6) is 0 Å². The largest absolute Gasteiger partial charge is 0.330 e. The van der Waals surface area contributed by atoms with Crippen LogP contribution in [0.25, 0.3) is 0 Å². The topological polar surface area (TPSA) is 55.6 Å². The fraction of sp³-hybridized carbons (Fsp3) is 0.933. The summed E-state index contributed by atoms with van der Waals surface area (Å²) in [5, 5.41) is 1.36. The molecule has 19 heavy (non-hydrogen) atoms. The number of hydrogen-bond acceptors (Lipinski definition) is 3. The molecule has 1 unspecified atom stereocenters. The van der Waals surface area contributed by atoms with Crippen LogP contribution in [0.1, 0.15) is 32.1 Å². The molecule has 4 fully saturated rings. The first-order valence-corrected chi connectivity index (χ1v) is 7.65. The summed E-state index contributed by atoms with van der Waals surface area (Å²) in [6.45, 7) is 0.458. The Kier molecular flexibility index (Phi) is 3.56. The smallest absolute Gasteiger partial charge is 0.250 e. The summed E-state index contributed by atoms with van der Waals surface area (Å²) in [5.74, 6) is 3.88. The van der Waals surface area contributed by atoms with E-state index >= 15 is 0 Å². The highest BCUT2D eigenvalue weighted by Crippen LogP contribution is 2.58. The van der Waals surface area contributed by atoms with E-state index in [1.54, 1.807) is 14.2 Å². The summed E-state index contributed by atoms with van der Waals surface area (Å²) >= 11 is 0. The predicted molar refractivity (Wildman–Crippen MR) is 72.9 cm³/mol. The maximum absolute atomic E-state index is 12.4. The molecule has 4 heteroatoms. The first-order valence-electron chi connectivity index (χ1n) is 7.65. The third-order valence-electron chi connectivity index (χ3n) is 5.92. The SMILES string of the molecule is CON(C)C(=O)C(CN)C1C2CC3CC(C2)CC1C3. The molecule has 4 aliphatic rings. The summed E-state index contributed by atoms with van der Waals surface area (Å²) in [6.07, 6.45) is 6.77. The Morgan fingerprint density at radius 2 is 1.74 bits per heavy atom. The zero-order chi connectivity index (χ0) is 13.6. The fourth-order valence-electron chi connectivity index (χ4n) is 5.37. The lowest BCUT2D eigenvalue weighted by molar-refractivity contribution is -0.180. The van der Waals surface area contributed by atoms with Crippen LogP contribution in [0.2, 0.25) is 0 Å². The molecule has 0 heterocycles. The van der Waals surface area contributed by atoms with Gasteiger partial charge in [-0.1, -0.05) is 0 Å². The number of carbonyl (C=O) groups is 1. The van der Waals surface area contributed by atoms with Crippen molar-refractivity contribution >= 4 is 5.91 Å². The van der Waals surface area contributed by atoms with E-state index in [0.29, 0.717) is 12.5 Å². The average molecular weight is 266 g/mol. The number of nitrogens with zero attached hydrogens (tertiary/aromatic N) is 1. The van der Waals surface area contributed by atoms with E-state index in [9.17, 15) is 4.79 Å². The summed E-state index contributed by atoms with van der Waals surface area (Å²) in [5.41, 5.74) is 5.94. The second-order valence-electron chi connectivity index (χ2n) is 6.87. The third kappa shape index (κ3) is 2.19. The molecule has 0 aromatic carbocycles. The lowest BCUT2D eigenvalue weighted by Gasteiger charge is -2.56. The van der Waals surface area contributed by atoms with Crippen molar-refractivity contribution in [1.29, 1.82) is 0 Å². The highest BCUT2D eigenvalue weighted by molar-refractivity contribution is 5.78. The van der Waals surface area contributed by atoms with Crippen molar-refractivity contribution in [1.82, 2.24) is 5.06 Å². The van der Waals surface area contributed by atoms with E-state index < -0.39 is 0 Å². The molecular weight excluding hydrogens is 240 g/mol. The van der Waals surface area contributed by atoms with Gasteiger partial charge in [0.1, 0.15) is 0 Å². The van der Waals surface area contributed by atoms with Crippen LogP contribution in [-0.2, 0) is 9.63 Å². The van der Waals surface area contributed by atoms with Gasteiger partial charge < -0.3 is 5.73 Å². The lowest BCUT2D eigenvalue weighted by atomic mass is 9.49. The Morgan fingerprint density at radius 1 is 1.21 bits per heavy atom. The van der Waals surface area contributed by atoms with Gasteiger partial charge in [-0.3, -0.25) is 9.63 Å². The van der Waals surface area contributed by atoms with E-state index in [2.05, 4.69) is 0 Å². The van der Waals surface area contributed by atoms with E-state index in [-0.39, 0.29) is 11.8 Å². The van der Waals surface area contributed by atoms with Gasteiger partial charge in [0.15, 0.2) is 0 Å². The Morgan fingerprint density at radius 3 is 2.16 bits per heavy atom. The second kappa shape index (κ2) is 5.06. The first-order chi connectivity index (χ1) is 9.13. The molecule has 4 nitrogen and oxygen atoms in total. The highest BCUT2D eigenvalue weighted by Gasteiger charge is 2.51. The van der Waals surface area contributed by atoms with E-state index in [0.717, 1.165) is 23.7 Å². The molecule has 1 atom stereocenters. The monoisotopic (exact) mass is 266 g/mol. The minimum Gasteiger partial charge on any atom is -0.330 e. The Bertz CT molecular complexity index is 330. The summed E-state index contributed by atoms with van der Waals surface area (Å²) in [7, 11) is 3.24. The third-order valence-corrected chi connectivity index (χ3v) is 5.92. The van der Waals surface area contributed by atoms with Crippen molar-refractivity contribution in [2.75, 3.05) is 20.7 Å². The molecule has 2 N–H and O–H groups in total. The standard InChI is InChI=1S/C15H26N2O2/c1-17(19-2)15(18)13(8-16)14-11-4-9-3-10(6-11)7-12(14)5-9/h9-14H,3-8,16H2,1-2H3. The maximum atomic E-state index is 12.4. The minimum atomic E-state index is -0.0417. The molecule has 0 saturated heterocycles. The van der Waals surface area contributed by atoms with Crippen LogP contribution in [0.4, 0.5) is 0 Å². The van der Waals surface area contributed by atoms with Gasteiger partial charge in [-0.15, -0.1) is 0 Å².